The minimum Gasteiger partial charge on any atom is -0.419 e. The van der Waals surface area contributed by atoms with Crippen molar-refractivity contribution in [3.63, 3.8) is 0 Å². The molecular weight excluding hydrogens is 350 g/mol. The van der Waals surface area contributed by atoms with Crippen molar-refractivity contribution in [3.8, 4) is 17.5 Å². The Morgan fingerprint density at radius 2 is 1.85 bits per heavy atom. The van der Waals surface area contributed by atoms with Crippen molar-refractivity contribution in [3.05, 3.63) is 71.4 Å². The van der Waals surface area contributed by atoms with Crippen LogP contribution in [0.4, 0.5) is 14.7 Å². The number of likely N-dealkylation sites (N-methyl/N-ethyl adjacent to an activating group) is 1. The van der Waals surface area contributed by atoms with E-state index in [1.807, 2.05) is 25.1 Å². The first-order valence-corrected chi connectivity index (χ1v) is 8.31. The quantitative estimate of drug-likeness (QED) is 0.706. The van der Waals surface area contributed by atoms with Gasteiger partial charge >= 0.3 is 0 Å². The van der Waals surface area contributed by atoms with Gasteiger partial charge in [-0.15, -0.1) is 0 Å². The molecule has 138 valence electrons. The first-order valence-electron chi connectivity index (χ1n) is 8.31. The summed E-state index contributed by atoms with van der Waals surface area (Å²) in [5.41, 5.74) is 1.14. The maximum Gasteiger partial charge on any atom is 0.233 e. The molecule has 0 aliphatic rings. The largest absolute Gasteiger partial charge is 0.419 e. The second-order valence-corrected chi connectivity index (χ2v) is 6.20. The van der Waals surface area contributed by atoms with Crippen LogP contribution in [0.3, 0.4) is 0 Å². The standard InChI is InChI=1S/C20H18F2N4O/c1-26(2)18(13-7-9-14(21)10-8-13)12-24-20-17(11-23)25-19(27-20)15-5-3-4-6-16(15)22/h3-10,18,24H,12H2,1-2H3/t18-/m1/s1. The highest BCUT2D eigenvalue weighted by Gasteiger charge is 2.20. The fraction of sp³-hybridized carbons (Fsp3) is 0.200. The van der Waals surface area contributed by atoms with Crippen molar-refractivity contribution in [1.29, 1.82) is 5.26 Å². The maximum atomic E-state index is 14.0. The molecule has 0 spiro atoms. The van der Waals surface area contributed by atoms with Crippen LogP contribution in [-0.4, -0.2) is 30.5 Å². The van der Waals surface area contributed by atoms with Crippen LogP contribution < -0.4 is 5.32 Å². The normalized spacial score (nSPS) is 12.0. The molecule has 0 aliphatic heterocycles. The monoisotopic (exact) mass is 368 g/mol. The van der Waals surface area contributed by atoms with Gasteiger partial charge in [0.1, 0.15) is 17.7 Å². The smallest absolute Gasteiger partial charge is 0.233 e. The van der Waals surface area contributed by atoms with Gasteiger partial charge in [0.25, 0.3) is 0 Å². The Morgan fingerprint density at radius 1 is 1.15 bits per heavy atom. The minimum atomic E-state index is -0.479. The molecule has 1 aromatic heterocycles. The number of benzene rings is 2. The summed E-state index contributed by atoms with van der Waals surface area (Å²) in [7, 11) is 3.79. The van der Waals surface area contributed by atoms with Gasteiger partial charge in [-0.1, -0.05) is 24.3 Å². The number of oxazole rings is 1. The lowest BCUT2D eigenvalue weighted by Crippen LogP contribution is -2.26. The van der Waals surface area contributed by atoms with Gasteiger partial charge < -0.3 is 14.6 Å². The van der Waals surface area contributed by atoms with Crippen LogP contribution >= 0.6 is 0 Å². The summed E-state index contributed by atoms with van der Waals surface area (Å²) < 4.78 is 32.7. The number of hydrogen-bond acceptors (Lipinski definition) is 5. The van der Waals surface area contributed by atoms with Gasteiger partial charge in [0.15, 0.2) is 0 Å². The Hall–Kier alpha value is -3.24. The average Bonchev–Trinajstić information content (AvgIpc) is 3.06. The zero-order chi connectivity index (χ0) is 19.4. The Morgan fingerprint density at radius 3 is 2.48 bits per heavy atom. The molecule has 0 unspecified atom stereocenters. The van der Waals surface area contributed by atoms with E-state index in [1.165, 1.54) is 24.3 Å². The summed E-state index contributed by atoms with van der Waals surface area (Å²) in [6.07, 6.45) is 0. The molecule has 3 aromatic rings. The van der Waals surface area contributed by atoms with Crippen molar-refractivity contribution >= 4 is 5.88 Å². The highest BCUT2D eigenvalue weighted by atomic mass is 19.1. The summed E-state index contributed by atoms with van der Waals surface area (Å²) in [6.45, 7) is 0.388. The Bertz CT molecular complexity index is 961. The Kier molecular flexibility index (Phi) is 5.48. The lowest BCUT2D eigenvalue weighted by molar-refractivity contribution is 0.310. The van der Waals surface area contributed by atoms with Crippen LogP contribution in [0.15, 0.2) is 52.9 Å². The Balaban J connectivity index is 1.83. The number of anilines is 1. The molecule has 0 aliphatic carbocycles. The van der Waals surface area contributed by atoms with Crippen LogP contribution in [0.1, 0.15) is 17.3 Å². The van der Waals surface area contributed by atoms with Crippen molar-refractivity contribution in [2.24, 2.45) is 0 Å². The predicted molar refractivity (Wildman–Crippen MR) is 97.9 cm³/mol. The summed E-state index contributed by atoms with van der Waals surface area (Å²) in [5, 5.41) is 12.4. The second-order valence-electron chi connectivity index (χ2n) is 6.20. The lowest BCUT2D eigenvalue weighted by Gasteiger charge is -2.25. The molecule has 7 heteroatoms. The first-order chi connectivity index (χ1) is 13.0. The van der Waals surface area contributed by atoms with Crippen LogP contribution in [0.2, 0.25) is 0 Å². The molecule has 5 nitrogen and oxygen atoms in total. The fourth-order valence-corrected chi connectivity index (χ4v) is 2.74. The minimum absolute atomic E-state index is 0.0373. The van der Waals surface area contributed by atoms with Gasteiger partial charge in [-0.3, -0.25) is 0 Å². The number of nitrogens with zero attached hydrogens (tertiary/aromatic N) is 3. The molecule has 2 aromatic carbocycles. The number of aromatic nitrogens is 1. The summed E-state index contributed by atoms with van der Waals surface area (Å²) in [5.74, 6) is -0.576. The van der Waals surface area contributed by atoms with E-state index in [0.717, 1.165) is 5.56 Å². The fourth-order valence-electron chi connectivity index (χ4n) is 2.74. The zero-order valence-electron chi connectivity index (χ0n) is 14.9. The molecule has 27 heavy (non-hydrogen) atoms. The second kappa shape index (κ2) is 7.98. The number of halogens is 2. The molecule has 0 bridgehead atoms. The average molecular weight is 368 g/mol. The lowest BCUT2D eigenvalue weighted by atomic mass is 10.1. The van der Waals surface area contributed by atoms with Gasteiger partial charge in [-0.25, -0.2) is 8.78 Å². The van der Waals surface area contributed by atoms with Crippen molar-refractivity contribution < 1.29 is 13.2 Å². The van der Waals surface area contributed by atoms with Gasteiger partial charge in [0.2, 0.25) is 17.5 Å². The molecule has 0 fully saturated rings. The molecule has 1 N–H and O–H groups in total. The summed E-state index contributed by atoms with van der Waals surface area (Å²) >= 11 is 0. The van der Waals surface area contributed by atoms with E-state index < -0.39 is 5.82 Å². The van der Waals surface area contributed by atoms with E-state index in [4.69, 9.17) is 4.42 Å². The zero-order valence-corrected chi connectivity index (χ0v) is 14.9. The van der Waals surface area contributed by atoms with Gasteiger partial charge in [-0.05, 0) is 43.9 Å². The molecule has 0 radical (unpaired) electrons. The molecule has 3 rings (SSSR count). The predicted octanol–water partition coefficient (Wildman–Crippen LogP) is 4.21. The van der Waals surface area contributed by atoms with Crippen molar-refractivity contribution in [2.45, 2.75) is 6.04 Å². The van der Waals surface area contributed by atoms with Crippen molar-refractivity contribution in [2.75, 3.05) is 26.0 Å². The van der Waals surface area contributed by atoms with Gasteiger partial charge in [0.05, 0.1) is 11.6 Å². The summed E-state index contributed by atoms with van der Waals surface area (Å²) in [6, 6.07) is 14.1. The van der Waals surface area contributed by atoms with Crippen LogP contribution in [-0.2, 0) is 0 Å². The van der Waals surface area contributed by atoms with Crippen molar-refractivity contribution in [1.82, 2.24) is 9.88 Å². The van der Waals surface area contributed by atoms with Gasteiger partial charge in [0, 0.05) is 6.54 Å². The molecule has 1 heterocycles. The highest BCUT2D eigenvalue weighted by Crippen LogP contribution is 2.28. The number of rotatable bonds is 6. The third-order valence-corrected chi connectivity index (χ3v) is 4.17. The maximum absolute atomic E-state index is 14.0. The van der Waals surface area contributed by atoms with E-state index in [-0.39, 0.29) is 34.9 Å². The van der Waals surface area contributed by atoms with Gasteiger partial charge in [-0.2, -0.15) is 10.2 Å². The van der Waals surface area contributed by atoms with E-state index in [9.17, 15) is 14.0 Å². The molecular formula is C20H18F2N4O. The third kappa shape index (κ3) is 4.13. The van der Waals surface area contributed by atoms with Crippen LogP contribution in [0, 0.1) is 23.0 Å². The molecule has 0 saturated heterocycles. The van der Waals surface area contributed by atoms with Crippen LogP contribution in [0.5, 0.6) is 0 Å². The molecule has 0 amide bonds. The third-order valence-electron chi connectivity index (χ3n) is 4.17. The number of hydrogen-bond donors (Lipinski definition) is 1. The van der Waals surface area contributed by atoms with E-state index in [0.29, 0.717) is 6.54 Å². The molecule has 1 atom stereocenters. The van der Waals surface area contributed by atoms with E-state index in [2.05, 4.69) is 10.3 Å². The SMILES string of the molecule is CN(C)[C@H](CNc1oc(-c2ccccc2F)nc1C#N)c1ccc(F)cc1. The van der Waals surface area contributed by atoms with E-state index >= 15 is 0 Å². The molecule has 0 saturated carbocycles. The topological polar surface area (TPSA) is 65.1 Å². The first kappa shape index (κ1) is 18.5. The van der Waals surface area contributed by atoms with Crippen LogP contribution in [0.25, 0.3) is 11.5 Å². The Labute approximate surface area is 155 Å². The number of nitrogens with one attached hydrogen (secondary N) is 1. The highest BCUT2D eigenvalue weighted by molar-refractivity contribution is 5.59. The van der Waals surface area contributed by atoms with E-state index in [1.54, 1.807) is 24.3 Å². The number of nitriles is 1. The summed E-state index contributed by atoms with van der Waals surface area (Å²) in [4.78, 5) is 6.03.